The van der Waals surface area contributed by atoms with Crippen LogP contribution in [0.1, 0.15) is 29.7 Å². The van der Waals surface area contributed by atoms with Gasteiger partial charge < -0.3 is 15.4 Å². The monoisotopic (exact) mass is 485 g/mol. The lowest BCUT2D eigenvalue weighted by Gasteiger charge is -2.29. The Morgan fingerprint density at radius 2 is 1.80 bits per heavy atom. The van der Waals surface area contributed by atoms with Gasteiger partial charge in [-0.2, -0.15) is 10.1 Å². The van der Waals surface area contributed by atoms with Crippen molar-refractivity contribution in [3.8, 4) is 5.75 Å². The van der Waals surface area contributed by atoms with Gasteiger partial charge in [-0.05, 0) is 38.1 Å². The van der Waals surface area contributed by atoms with E-state index in [4.69, 9.17) is 16.3 Å². The summed E-state index contributed by atoms with van der Waals surface area (Å²) in [5, 5.41) is 11.3. The van der Waals surface area contributed by atoms with Crippen LogP contribution in [0.15, 0.2) is 90.4 Å². The van der Waals surface area contributed by atoms with Crippen molar-refractivity contribution < 1.29 is 9.53 Å². The summed E-state index contributed by atoms with van der Waals surface area (Å²) in [5.74, 6) is 0.959. The summed E-state index contributed by atoms with van der Waals surface area (Å²) in [4.78, 5) is 17.9. The first-order valence-corrected chi connectivity index (χ1v) is 11.6. The molecule has 176 valence electrons. The molecule has 0 spiro atoms. The first kappa shape index (κ1) is 22.7. The van der Waals surface area contributed by atoms with Crippen LogP contribution in [0, 0.1) is 6.92 Å². The van der Waals surface area contributed by atoms with Crippen molar-refractivity contribution in [3.63, 3.8) is 0 Å². The fraction of sp³-hybridized carbons (Fsp3) is 0.148. The Hall–Kier alpha value is -4.10. The third-order valence-corrected chi connectivity index (χ3v) is 6.27. The van der Waals surface area contributed by atoms with Crippen LogP contribution in [0.5, 0.6) is 5.75 Å². The quantitative estimate of drug-likeness (QED) is 0.363. The molecule has 1 aliphatic heterocycles. The third-order valence-electron chi connectivity index (χ3n) is 5.90. The molecule has 0 bridgehead atoms. The van der Waals surface area contributed by atoms with Crippen LogP contribution < -0.4 is 15.4 Å². The minimum atomic E-state index is -0.540. The molecule has 8 heteroatoms. The zero-order chi connectivity index (χ0) is 24.4. The van der Waals surface area contributed by atoms with Crippen LogP contribution in [0.2, 0.25) is 5.02 Å². The second-order valence-corrected chi connectivity index (χ2v) is 8.74. The van der Waals surface area contributed by atoms with E-state index in [9.17, 15) is 4.79 Å². The summed E-state index contributed by atoms with van der Waals surface area (Å²) in [6.45, 7) is 4.16. The van der Waals surface area contributed by atoms with E-state index in [1.807, 2.05) is 86.6 Å². The predicted octanol–water partition coefficient (Wildman–Crippen LogP) is 5.75. The molecule has 1 atom stereocenters. The SMILES string of the molecule is CC1=C(C(=O)Nc2ccc(C)cc2)C(c2ccccc2OCc2ccccc2Cl)n2ncnc2N1. The number of fused-ring (bicyclic) bond motifs is 1. The van der Waals surface area contributed by atoms with Gasteiger partial charge in [-0.3, -0.25) is 4.79 Å². The summed E-state index contributed by atoms with van der Waals surface area (Å²) in [5.41, 5.74) is 4.72. The topological polar surface area (TPSA) is 81.1 Å². The molecule has 1 amide bonds. The predicted molar refractivity (Wildman–Crippen MR) is 137 cm³/mol. The van der Waals surface area contributed by atoms with Gasteiger partial charge in [0, 0.05) is 27.5 Å². The number of nitrogens with one attached hydrogen (secondary N) is 2. The van der Waals surface area contributed by atoms with Gasteiger partial charge in [0.1, 0.15) is 24.7 Å². The van der Waals surface area contributed by atoms with E-state index in [-0.39, 0.29) is 5.91 Å². The van der Waals surface area contributed by atoms with Crippen LogP contribution in [-0.4, -0.2) is 20.7 Å². The molecule has 2 heterocycles. The number of carbonyl (C=O) groups excluding carboxylic acids is 1. The van der Waals surface area contributed by atoms with E-state index in [0.717, 1.165) is 16.7 Å². The number of amides is 1. The van der Waals surface area contributed by atoms with E-state index in [0.29, 0.717) is 40.3 Å². The van der Waals surface area contributed by atoms with Crippen LogP contribution in [0.4, 0.5) is 11.6 Å². The van der Waals surface area contributed by atoms with E-state index >= 15 is 0 Å². The third kappa shape index (κ3) is 4.63. The molecule has 1 unspecified atom stereocenters. The number of hydrogen-bond acceptors (Lipinski definition) is 5. The Kier molecular flexibility index (Phi) is 6.25. The Bertz CT molecular complexity index is 1410. The highest BCUT2D eigenvalue weighted by Crippen LogP contribution is 2.39. The standard InChI is InChI=1S/C27H24ClN5O2/c1-17-11-13-20(14-12-17)32-26(34)24-18(2)31-27-29-16-30-33(27)25(24)21-8-4-6-10-23(21)35-15-19-7-3-5-9-22(19)28/h3-14,16,25H,15H2,1-2H3,(H,32,34)(H,29,30,31). The molecule has 35 heavy (non-hydrogen) atoms. The van der Waals surface area contributed by atoms with Gasteiger partial charge in [-0.15, -0.1) is 0 Å². The van der Waals surface area contributed by atoms with Crippen LogP contribution in [0.3, 0.4) is 0 Å². The first-order chi connectivity index (χ1) is 17.0. The lowest BCUT2D eigenvalue weighted by atomic mass is 9.94. The number of allylic oxidation sites excluding steroid dienone is 1. The molecule has 1 aromatic heterocycles. The molecule has 1 aliphatic rings. The summed E-state index contributed by atoms with van der Waals surface area (Å²) in [7, 11) is 0. The molecule has 0 radical (unpaired) electrons. The molecule has 0 aliphatic carbocycles. The maximum absolute atomic E-state index is 13.6. The minimum Gasteiger partial charge on any atom is -0.488 e. The molecular formula is C27H24ClN5O2. The van der Waals surface area contributed by atoms with Crippen molar-refractivity contribution in [1.82, 2.24) is 14.8 Å². The molecular weight excluding hydrogens is 462 g/mol. The fourth-order valence-electron chi connectivity index (χ4n) is 4.12. The van der Waals surface area contributed by atoms with Crippen LogP contribution >= 0.6 is 11.6 Å². The molecule has 0 saturated heterocycles. The average Bonchev–Trinajstić information content (AvgIpc) is 3.32. The summed E-state index contributed by atoms with van der Waals surface area (Å²) in [6, 6.07) is 22.4. The maximum Gasteiger partial charge on any atom is 0.255 e. The molecule has 5 rings (SSSR count). The number of benzene rings is 3. The zero-order valence-corrected chi connectivity index (χ0v) is 20.1. The second kappa shape index (κ2) is 9.64. The molecule has 3 aromatic carbocycles. The van der Waals surface area contributed by atoms with Gasteiger partial charge in [0.15, 0.2) is 0 Å². The summed E-state index contributed by atoms with van der Waals surface area (Å²) >= 11 is 6.33. The zero-order valence-electron chi connectivity index (χ0n) is 19.3. The summed E-state index contributed by atoms with van der Waals surface area (Å²) in [6.07, 6.45) is 1.47. The fourth-order valence-corrected chi connectivity index (χ4v) is 4.31. The lowest BCUT2D eigenvalue weighted by molar-refractivity contribution is -0.113. The number of hydrogen-bond donors (Lipinski definition) is 2. The number of rotatable bonds is 6. The highest BCUT2D eigenvalue weighted by atomic mass is 35.5. The van der Waals surface area contributed by atoms with Gasteiger partial charge in [0.2, 0.25) is 5.95 Å². The molecule has 7 nitrogen and oxygen atoms in total. The maximum atomic E-state index is 13.6. The van der Waals surface area contributed by atoms with Crippen molar-refractivity contribution in [1.29, 1.82) is 0 Å². The van der Waals surface area contributed by atoms with E-state index in [1.165, 1.54) is 6.33 Å². The number of para-hydroxylation sites is 1. The lowest BCUT2D eigenvalue weighted by Crippen LogP contribution is -2.31. The van der Waals surface area contributed by atoms with Crippen molar-refractivity contribution in [2.24, 2.45) is 0 Å². The van der Waals surface area contributed by atoms with E-state index < -0.39 is 6.04 Å². The summed E-state index contributed by atoms with van der Waals surface area (Å²) < 4.78 is 7.93. The smallest absolute Gasteiger partial charge is 0.255 e. The number of halogens is 1. The number of nitrogens with zero attached hydrogens (tertiary/aromatic N) is 3. The van der Waals surface area contributed by atoms with E-state index in [1.54, 1.807) is 4.68 Å². The molecule has 0 saturated carbocycles. The average molecular weight is 486 g/mol. The number of aryl methyl sites for hydroxylation is 1. The van der Waals surface area contributed by atoms with Crippen molar-refractivity contribution >= 4 is 29.1 Å². The van der Waals surface area contributed by atoms with Crippen molar-refractivity contribution in [2.45, 2.75) is 26.5 Å². The number of aromatic nitrogens is 3. The van der Waals surface area contributed by atoms with Crippen molar-refractivity contribution in [3.05, 3.63) is 112 Å². The van der Waals surface area contributed by atoms with Gasteiger partial charge >= 0.3 is 0 Å². The first-order valence-electron chi connectivity index (χ1n) is 11.2. The van der Waals surface area contributed by atoms with Crippen LogP contribution in [0.25, 0.3) is 0 Å². The normalized spacial score (nSPS) is 14.8. The largest absolute Gasteiger partial charge is 0.488 e. The Morgan fingerprint density at radius 1 is 1.06 bits per heavy atom. The minimum absolute atomic E-state index is 0.231. The second-order valence-electron chi connectivity index (χ2n) is 8.33. The van der Waals surface area contributed by atoms with Gasteiger partial charge in [-0.1, -0.05) is 65.7 Å². The van der Waals surface area contributed by atoms with Gasteiger partial charge in [0.25, 0.3) is 5.91 Å². The van der Waals surface area contributed by atoms with Crippen LogP contribution in [-0.2, 0) is 11.4 Å². The van der Waals surface area contributed by atoms with Gasteiger partial charge in [0.05, 0.1) is 5.57 Å². The number of carbonyl (C=O) groups is 1. The molecule has 4 aromatic rings. The molecule has 2 N–H and O–H groups in total. The number of ether oxygens (including phenoxy) is 1. The Morgan fingerprint density at radius 3 is 2.60 bits per heavy atom. The number of anilines is 2. The highest BCUT2D eigenvalue weighted by molar-refractivity contribution is 6.31. The van der Waals surface area contributed by atoms with Crippen molar-refractivity contribution in [2.75, 3.05) is 10.6 Å². The Labute approximate surface area is 208 Å². The Balaban J connectivity index is 1.52. The highest BCUT2D eigenvalue weighted by Gasteiger charge is 2.35. The van der Waals surface area contributed by atoms with E-state index in [2.05, 4.69) is 20.7 Å². The molecule has 0 fully saturated rings. The van der Waals surface area contributed by atoms with Gasteiger partial charge in [-0.25, -0.2) is 4.68 Å².